The van der Waals surface area contributed by atoms with Crippen LogP contribution < -0.4 is 9.64 Å². The number of imidazole rings is 1. The molecule has 0 amide bonds. The van der Waals surface area contributed by atoms with Crippen molar-refractivity contribution in [1.82, 2.24) is 9.55 Å². The van der Waals surface area contributed by atoms with Gasteiger partial charge in [0.25, 0.3) is 0 Å². The maximum Gasteiger partial charge on any atom is 0.573 e. The molecule has 6 nitrogen and oxygen atoms in total. The van der Waals surface area contributed by atoms with Gasteiger partial charge in [0.2, 0.25) is 0 Å². The first-order valence-corrected chi connectivity index (χ1v) is 14.6. The van der Waals surface area contributed by atoms with E-state index in [1.807, 2.05) is 34.9 Å². The summed E-state index contributed by atoms with van der Waals surface area (Å²) in [5.74, 6) is 1.15. The van der Waals surface area contributed by atoms with Crippen molar-refractivity contribution in [3.63, 3.8) is 0 Å². The number of amidine groups is 1. The Labute approximate surface area is 245 Å². The third-order valence-corrected chi connectivity index (χ3v) is 8.15. The second-order valence-corrected chi connectivity index (χ2v) is 11.3. The minimum absolute atomic E-state index is 0.268. The van der Waals surface area contributed by atoms with Crippen molar-refractivity contribution in [2.24, 2.45) is 10.2 Å². The molecule has 0 atom stereocenters. The fraction of sp³-hybridized carbons (Fsp3) is 0.219. The SMILES string of the molecule is CC(C)c1ccccc1N1CCCS/C1=N\N=C\c1ccc2c(ccc3c2ncn3-c2ccc(OC(F)(F)F)cc2)c1. The molecule has 1 aromatic heterocycles. The van der Waals surface area contributed by atoms with Crippen LogP contribution in [-0.4, -0.2) is 39.6 Å². The molecule has 214 valence electrons. The minimum Gasteiger partial charge on any atom is -0.406 e. The summed E-state index contributed by atoms with van der Waals surface area (Å²) in [4.78, 5) is 6.87. The van der Waals surface area contributed by atoms with E-state index in [1.54, 1.807) is 36.4 Å². The highest BCUT2D eigenvalue weighted by Crippen LogP contribution is 2.32. The average molecular weight is 588 g/mol. The van der Waals surface area contributed by atoms with Gasteiger partial charge in [-0.05, 0) is 71.3 Å². The van der Waals surface area contributed by atoms with Crippen molar-refractivity contribution < 1.29 is 17.9 Å². The standard InChI is InChI=1S/C32H28F3N5OS/c1-21(2)26-6-3-4-7-28(26)39-16-5-17-42-31(39)38-37-19-22-8-14-27-23(18-22)9-15-29-30(27)36-20-40(29)24-10-12-25(13-11-24)41-32(33,34)35/h3-4,6-15,18-21H,5,16-17H2,1-2H3/b37-19+,38-31-. The summed E-state index contributed by atoms with van der Waals surface area (Å²) in [5.41, 5.74) is 5.72. The molecule has 0 saturated carbocycles. The van der Waals surface area contributed by atoms with Crippen LogP contribution in [0.2, 0.25) is 0 Å². The van der Waals surface area contributed by atoms with E-state index < -0.39 is 6.36 Å². The van der Waals surface area contributed by atoms with Crippen LogP contribution in [0.1, 0.15) is 37.3 Å². The number of benzene rings is 4. The summed E-state index contributed by atoms with van der Waals surface area (Å²) in [6, 6.07) is 24.2. The maximum absolute atomic E-state index is 12.5. The van der Waals surface area contributed by atoms with Gasteiger partial charge in [0, 0.05) is 29.1 Å². The summed E-state index contributed by atoms with van der Waals surface area (Å²) in [6.07, 6.45) is -0.207. The third kappa shape index (κ3) is 5.85. The monoisotopic (exact) mass is 587 g/mol. The molecular formula is C32H28F3N5OS. The first-order chi connectivity index (χ1) is 20.3. The number of para-hydroxylation sites is 1. The fourth-order valence-corrected chi connectivity index (χ4v) is 6.06. The van der Waals surface area contributed by atoms with Crippen molar-refractivity contribution in [2.45, 2.75) is 32.5 Å². The predicted octanol–water partition coefficient (Wildman–Crippen LogP) is 8.53. The Morgan fingerprint density at radius 1 is 1.00 bits per heavy atom. The van der Waals surface area contributed by atoms with Gasteiger partial charge in [0.15, 0.2) is 5.17 Å². The number of ether oxygens (including phenoxy) is 1. The van der Waals surface area contributed by atoms with Gasteiger partial charge < -0.3 is 9.64 Å². The van der Waals surface area contributed by atoms with E-state index in [9.17, 15) is 13.2 Å². The predicted molar refractivity (Wildman–Crippen MR) is 165 cm³/mol. The van der Waals surface area contributed by atoms with Gasteiger partial charge in [-0.15, -0.1) is 18.3 Å². The van der Waals surface area contributed by atoms with Crippen LogP contribution in [0.15, 0.2) is 95.4 Å². The van der Waals surface area contributed by atoms with E-state index in [0.717, 1.165) is 51.3 Å². The lowest BCUT2D eigenvalue weighted by molar-refractivity contribution is -0.274. The van der Waals surface area contributed by atoms with E-state index in [0.29, 0.717) is 11.6 Å². The highest BCUT2D eigenvalue weighted by Gasteiger charge is 2.31. The molecule has 0 spiro atoms. The second-order valence-electron chi connectivity index (χ2n) is 10.3. The molecule has 1 aliphatic heterocycles. The Hall–Kier alpha value is -4.31. The Bertz CT molecular complexity index is 1790. The summed E-state index contributed by atoms with van der Waals surface area (Å²) in [6.45, 7) is 5.32. The molecule has 0 aliphatic carbocycles. The van der Waals surface area contributed by atoms with Crippen LogP contribution >= 0.6 is 11.8 Å². The molecule has 6 rings (SSSR count). The minimum atomic E-state index is -4.73. The van der Waals surface area contributed by atoms with E-state index in [2.05, 4.69) is 62.9 Å². The van der Waals surface area contributed by atoms with Crippen molar-refractivity contribution in [1.29, 1.82) is 0 Å². The number of fused-ring (bicyclic) bond motifs is 3. The molecule has 1 aliphatic rings. The molecule has 1 fully saturated rings. The zero-order valence-corrected chi connectivity index (χ0v) is 23.9. The number of hydrogen-bond acceptors (Lipinski definition) is 5. The van der Waals surface area contributed by atoms with Crippen LogP contribution in [0.5, 0.6) is 5.75 Å². The van der Waals surface area contributed by atoms with Gasteiger partial charge in [0.05, 0.1) is 17.2 Å². The van der Waals surface area contributed by atoms with Crippen LogP contribution in [0.25, 0.3) is 27.5 Å². The first-order valence-electron chi connectivity index (χ1n) is 13.6. The highest BCUT2D eigenvalue weighted by atomic mass is 32.2. The number of anilines is 1. The van der Waals surface area contributed by atoms with Crippen LogP contribution in [0, 0.1) is 0 Å². The molecule has 4 aromatic carbocycles. The maximum atomic E-state index is 12.5. The van der Waals surface area contributed by atoms with Gasteiger partial charge >= 0.3 is 6.36 Å². The van der Waals surface area contributed by atoms with E-state index >= 15 is 0 Å². The topological polar surface area (TPSA) is 55.0 Å². The van der Waals surface area contributed by atoms with Gasteiger partial charge in [-0.25, -0.2) is 4.98 Å². The zero-order chi connectivity index (χ0) is 29.3. The fourth-order valence-electron chi connectivity index (χ4n) is 5.16. The molecule has 0 radical (unpaired) electrons. The summed E-state index contributed by atoms with van der Waals surface area (Å²) >= 11 is 1.72. The summed E-state index contributed by atoms with van der Waals surface area (Å²) in [5, 5.41) is 11.9. The molecular weight excluding hydrogens is 559 g/mol. The molecule has 1 saturated heterocycles. The van der Waals surface area contributed by atoms with Gasteiger partial charge in [-0.3, -0.25) is 4.57 Å². The molecule has 5 aromatic rings. The lowest BCUT2D eigenvalue weighted by Crippen LogP contribution is -2.34. The average Bonchev–Trinajstić information content (AvgIpc) is 3.41. The Morgan fingerprint density at radius 3 is 2.60 bits per heavy atom. The van der Waals surface area contributed by atoms with Crippen molar-refractivity contribution >= 4 is 50.6 Å². The lowest BCUT2D eigenvalue weighted by atomic mass is 10.0. The van der Waals surface area contributed by atoms with Gasteiger partial charge in [-0.1, -0.05) is 62.0 Å². The van der Waals surface area contributed by atoms with E-state index in [4.69, 9.17) is 0 Å². The summed E-state index contributed by atoms with van der Waals surface area (Å²) < 4.78 is 43.4. The van der Waals surface area contributed by atoms with Crippen molar-refractivity contribution in [2.75, 3.05) is 17.2 Å². The largest absolute Gasteiger partial charge is 0.573 e. The lowest BCUT2D eigenvalue weighted by Gasteiger charge is -2.31. The van der Waals surface area contributed by atoms with Crippen molar-refractivity contribution in [3.05, 3.63) is 96.3 Å². The quantitative estimate of drug-likeness (QED) is 0.148. The molecule has 42 heavy (non-hydrogen) atoms. The molecule has 0 unspecified atom stereocenters. The Kier molecular flexibility index (Phi) is 7.64. The number of aromatic nitrogens is 2. The zero-order valence-electron chi connectivity index (χ0n) is 23.0. The van der Waals surface area contributed by atoms with Crippen LogP contribution in [0.4, 0.5) is 18.9 Å². The number of rotatable bonds is 6. The smallest absolute Gasteiger partial charge is 0.406 e. The molecule has 0 bridgehead atoms. The summed E-state index contributed by atoms with van der Waals surface area (Å²) in [7, 11) is 0. The van der Waals surface area contributed by atoms with Crippen LogP contribution in [0.3, 0.4) is 0 Å². The first kappa shape index (κ1) is 27.8. The molecule has 10 heteroatoms. The number of nitrogens with zero attached hydrogens (tertiary/aromatic N) is 5. The van der Waals surface area contributed by atoms with Gasteiger partial charge in [-0.2, -0.15) is 5.10 Å². The number of thioether (sulfide) groups is 1. The van der Waals surface area contributed by atoms with Gasteiger partial charge in [0.1, 0.15) is 12.1 Å². The number of hydrogen-bond donors (Lipinski definition) is 0. The number of halogens is 3. The molecule has 0 N–H and O–H groups in total. The van der Waals surface area contributed by atoms with E-state index in [-0.39, 0.29) is 5.75 Å². The van der Waals surface area contributed by atoms with Crippen LogP contribution in [-0.2, 0) is 0 Å². The van der Waals surface area contributed by atoms with E-state index in [1.165, 1.54) is 23.4 Å². The second kappa shape index (κ2) is 11.5. The van der Waals surface area contributed by atoms with Crippen molar-refractivity contribution in [3.8, 4) is 11.4 Å². The Morgan fingerprint density at radius 2 is 1.81 bits per heavy atom. The Balaban J connectivity index is 1.25. The normalized spacial score (nSPS) is 15.5. The molecule has 2 heterocycles. The third-order valence-electron chi connectivity index (χ3n) is 7.09. The highest BCUT2D eigenvalue weighted by molar-refractivity contribution is 8.14. The number of alkyl halides is 3.